The molecule has 0 heterocycles. The van der Waals surface area contributed by atoms with Crippen molar-refractivity contribution in [3.8, 4) is 0 Å². The van der Waals surface area contributed by atoms with Gasteiger partial charge in [-0.05, 0) is 43.0 Å². The van der Waals surface area contributed by atoms with Gasteiger partial charge in [0, 0.05) is 38.1 Å². The lowest BCUT2D eigenvalue weighted by atomic mass is 10.1. The number of ether oxygens (including phenoxy) is 1. The molecule has 0 saturated heterocycles. The van der Waals surface area contributed by atoms with Crippen LogP contribution in [-0.4, -0.2) is 32.7 Å². The maximum atomic E-state index is 12.0. The van der Waals surface area contributed by atoms with E-state index in [1.54, 1.807) is 0 Å². The minimum atomic E-state index is -0.0281. The van der Waals surface area contributed by atoms with Gasteiger partial charge in [-0.3, -0.25) is 4.79 Å². The first-order valence-corrected chi connectivity index (χ1v) is 7.19. The van der Waals surface area contributed by atoms with Crippen molar-refractivity contribution in [2.75, 3.05) is 32.1 Å². The summed E-state index contributed by atoms with van der Waals surface area (Å²) in [5.41, 5.74) is 2.81. The van der Waals surface area contributed by atoms with Crippen molar-refractivity contribution in [3.05, 3.63) is 29.3 Å². The van der Waals surface area contributed by atoms with Crippen LogP contribution in [0.4, 0.5) is 5.69 Å². The van der Waals surface area contributed by atoms with E-state index >= 15 is 0 Å². The molecule has 0 aliphatic rings. The summed E-state index contributed by atoms with van der Waals surface area (Å²) in [6, 6.07) is 5.66. The largest absolute Gasteiger partial charge is 0.388 e. The molecule has 0 saturated carbocycles. The summed E-state index contributed by atoms with van der Waals surface area (Å²) in [6.07, 6.45) is 0.839. The monoisotopic (exact) mass is 278 g/mol. The zero-order valence-corrected chi connectivity index (χ0v) is 13.0. The minimum Gasteiger partial charge on any atom is -0.388 e. The summed E-state index contributed by atoms with van der Waals surface area (Å²) in [6.45, 7) is 8.35. The normalized spacial score (nSPS) is 10.7. The highest BCUT2D eigenvalue weighted by Crippen LogP contribution is 2.15. The molecule has 1 aromatic carbocycles. The zero-order valence-electron chi connectivity index (χ0n) is 13.0. The number of hydrogen-bond donors (Lipinski definition) is 2. The molecule has 0 atom stereocenters. The number of aryl methyl sites for hydroxylation is 1. The van der Waals surface area contributed by atoms with E-state index in [4.69, 9.17) is 4.74 Å². The number of hydrogen-bond acceptors (Lipinski definition) is 3. The standard InChI is InChI=1S/C16H26N2O2/c1-12(2)11-20-9-5-8-18-16(19)14-6-7-15(17-4)13(3)10-14/h6-7,10,12,17H,5,8-9,11H2,1-4H3,(H,18,19). The highest BCUT2D eigenvalue weighted by Gasteiger charge is 2.06. The Morgan fingerprint density at radius 1 is 1.35 bits per heavy atom. The van der Waals surface area contributed by atoms with E-state index in [1.165, 1.54) is 0 Å². The molecule has 0 unspecified atom stereocenters. The average Bonchev–Trinajstić information content (AvgIpc) is 2.42. The molecule has 1 aromatic rings. The number of amides is 1. The third kappa shape index (κ3) is 5.61. The molecule has 4 heteroatoms. The second kappa shape index (κ2) is 8.59. The molecule has 0 fully saturated rings. The van der Waals surface area contributed by atoms with Crippen LogP contribution in [0.25, 0.3) is 0 Å². The molecular weight excluding hydrogens is 252 g/mol. The highest BCUT2D eigenvalue weighted by molar-refractivity contribution is 5.94. The van der Waals surface area contributed by atoms with Gasteiger partial charge in [-0.15, -0.1) is 0 Å². The van der Waals surface area contributed by atoms with E-state index in [1.807, 2.05) is 32.2 Å². The van der Waals surface area contributed by atoms with Crippen molar-refractivity contribution < 1.29 is 9.53 Å². The number of nitrogens with one attached hydrogen (secondary N) is 2. The molecular formula is C16H26N2O2. The molecule has 0 aliphatic carbocycles. The van der Waals surface area contributed by atoms with Gasteiger partial charge in [-0.25, -0.2) is 0 Å². The quantitative estimate of drug-likeness (QED) is 0.719. The van der Waals surface area contributed by atoms with Gasteiger partial charge in [0.05, 0.1) is 0 Å². The Bertz CT molecular complexity index is 430. The Balaban J connectivity index is 2.31. The fraction of sp³-hybridized carbons (Fsp3) is 0.562. The summed E-state index contributed by atoms with van der Waals surface area (Å²) < 4.78 is 5.47. The fourth-order valence-corrected chi connectivity index (χ4v) is 1.88. The lowest BCUT2D eigenvalue weighted by Crippen LogP contribution is -2.25. The third-order valence-corrected chi connectivity index (χ3v) is 2.96. The fourth-order valence-electron chi connectivity index (χ4n) is 1.88. The van der Waals surface area contributed by atoms with E-state index in [-0.39, 0.29) is 5.91 Å². The van der Waals surface area contributed by atoms with Crippen LogP contribution in [0.15, 0.2) is 18.2 Å². The van der Waals surface area contributed by atoms with Gasteiger partial charge in [0.1, 0.15) is 0 Å². The van der Waals surface area contributed by atoms with E-state index < -0.39 is 0 Å². The van der Waals surface area contributed by atoms with Gasteiger partial charge in [0.15, 0.2) is 0 Å². The smallest absolute Gasteiger partial charge is 0.251 e. The van der Waals surface area contributed by atoms with Crippen molar-refractivity contribution in [1.82, 2.24) is 5.32 Å². The van der Waals surface area contributed by atoms with E-state index in [0.29, 0.717) is 24.6 Å². The first-order valence-electron chi connectivity index (χ1n) is 7.19. The lowest BCUT2D eigenvalue weighted by molar-refractivity contribution is 0.0925. The predicted octanol–water partition coefficient (Wildman–Crippen LogP) is 2.83. The number of carbonyl (C=O) groups is 1. The van der Waals surface area contributed by atoms with Crippen molar-refractivity contribution >= 4 is 11.6 Å². The summed E-state index contributed by atoms with van der Waals surface area (Å²) >= 11 is 0. The molecule has 1 rings (SSSR count). The van der Waals surface area contributed by atoms with Crippen molar-refractivity contribution in [2.45, 2.75) is 27.2 Å². The molecule has 0 aromatic heterocycles. The minimum absolute atomic E-state index is 0.0281. The van der Waals surface area contributed by atoms with Crippen molar-refractivity contribution in [3.63, 3.8) is 0 Å². The van der Waals surface area contributed by atoms with Crippen LogP contribution in [0, 0.1) is 12.8 Å². The molecule has 0 bridgehead atoms. The number of anilines is 1. The molecule has 0 radical (unpaired) electrons. The molecule has 20 heavy (non-hydrogen) atoms. The van der Waals surface area contributed by atoms with Gasteiger partial charge >= 0.3 is 0 Å². The maximum Gasteiger partial charge on any atom is 0.251 e. The number of rotatable bonds is 8. The Kier molecular flexibility index (Phi) is 7.09. The Morgan fingerprint density at radius 3 is 2.70 bits per heavy atom. The van der Waals surface area contributed by atoms with Crippen LogP contribution in [0.1, 0.15) is 36.2 Å². The summed E-state index contributed by atoms with van der Waals surface area (Å²) in [5.74, 6) is 0.526. The molecule has 1 amide bonds. The van der Waals surface area contributed by atoms with Gasteiger partial charge in [-0.1, -0.05) is 13.8 Å². The first kappa shape index (κ1) is 16.5. The summed E-state index contributed by atoms with van der Waals surface area (Å²) in [4.78, 5) is 12.0. The van der Waals surface area contributed by atoms with Crippen LogP contribution in [-0.2, 0) is 4.74 Å². The molecule has 0 spiro atoms. The van der Waals surface area contributed by atoms with Gasteiger partial charge in [0.2, 0.25) is 0 Å². The summed E-state index contributed by atoms with van der Waals surface area (Å²) in [5, 5.41) is 6.00. The van der Waals surface area contributed by atoms with Gasteiger partial charge in [-0.2, -0.15) is 0 Å². The van der Waals surface area contributed by atoms with Crippen LogP contribution >= 0.6 is 0 Å². The molecule has 2 N–H and O–H groups in total. The van der Waals surface area contributed by atoms with Crippen molar-refractivity contribution in [1.29, 1.82) is 0 Å². The second-order valence-corrected chi connectivity index (χ2v) is 5.36. The van der Waals surface area contributed by atoms with E-state index in [2.05, 4.69) is 24.5 Å². The van der Waals surface area contributed by atoms with Crippen LogP contribution in [0.5, 0.6) is 0 Å². The second-order valence-electron chi connectivity index (χ2n) is 5.36. The van der Waals surface area contributed by atoms with Gasteiger partial charge in [0.25, 0.3) is 5.91 Å². The highest BCUT2D eigenvalue weighted by atomic mass is 16.5. The molecule has 4 nitrogen and oxygen atoms in total. The lowest BCUT2D eigenvalue weighted by Gasteiger charge is -2.09. The SMILES string of the molecule is CNc1ccc(C(=O)NCCCOCC(C)C)cc1C. The topological polar surface area (TPSA) is 50.4 Å². The molecule has 112 valence electrons. The van der Waals surface area contributed by atoms with E-state index in [9.17, 15) is 4.79 Å². The van der Waals surface area contributed by atoms with Crippen LogP contribution in [0.3, 0.4) is 0 Å². The first-order chi connectivity index (χ1) is 9.54. The van der Waals surface area contributed by atoms with Gasteiger partial charge < -0.3 is 15.4 Å². The maximum absolute atomic E-state index is 12.0. The average molecular weight is 278 g/mol. The number of benzene rings is 1. The predicted molar refractivity (Wildman–Crippen MR) is 83.3 cm³/mol. The van der Waals surface area contributed by atoms with Crippen molar-refractivity contribution in [2.24, 2.45) is 5.92 Å². The third-order valence-electron chi connectivity index (χ3n) is 2.96. The zero-order chi connectivity index (χ0) is 15.0. The Hall–Kier alpha value is -1.55. The number of carbonyl (C=O) groups excluding carboxylic acids is 1. The Labute approximate surface area is 121 Å². The summed E-state index contributed by atoms with van der Waals surface area (Å²) in [7, 11) is 1.87. The molecule has 0 aliphatic heterocycles. The van der Waals surface area contributed by atoms with Crippen LogP contribution < -0.4 is 10.6 Å². The van der Waals surface area contributed by atoms with Crippen LogP contribution in [0.2, 0.25) is 0 Å². The Morgan fingerprint density at radius 2 is 2.10 bits per heavy atom. The van der Waals surface area contributed by atoms with E-state index in [0.717, 1.165) is 24.3 Å².